The zero-order valence-electron chi connectivity index (χ0n) is 11.6. The van der Waals surface area contributed by atoms with Crippen molar-refractivity contribution >= 4 is 11.6 Å². The van der Waals surface area contributed by atoms with Crippen molar-refractivity contribution in [3.05, 3.63) is 58.6 Å². The van der Waals surface area contributed by atoms with Gasteiger partial charge >= 0.3 is 0 Å². The third-order valence-electron chi connectivity index (χ3n) is 3.23. The molecule has 0 amide bonds. The highest BCUT2D eigenvalue weighted by molar-refractivity contribution is 6.32. The fourth-order valence-corrected chi connectivity index (χ4v) is 2.27. The molecule has 0 spiro atoms. The Kier molecular flexibility index (Phi) is 4.88. The summed E-state index contributed by atoms with van der Waals surface area (Å²) >= 11 is 5.90. The summed E-state index contributed by atoms with van der Waals surface area (Å²) in [6, 6.07) is 13.3. The molecule has 4 heteroatoms. The molecule has 0 saturated heterocycles. The van der Waals surface area contributed by atoms with Gasteiger partial charge in [-0.3, -0.25) is 0 Å². The first kappa shape index (κ1) is 14.7. The summed E-state index contributed by atoms with van der Waals surface area (Å²) in [4.78, 5) is 0. The lowest BCUT2D eigenvalue weighted by Crippen LogP contribution is -2.18. The molecule has 2 N–H and O–H groups in total. The number of phenols is 1. The molecule has 0 bridgehead atoms. The summed E-state index contributed by atoms with van der Waals surface area (Å²) in [5.74, 6) is 0.976. The molecule has 3 nitrogen and oxygen atoms in total. The Labute approximate surface area is 124 Å². The number of rotatable bonds is 5. The molecule has 2 rings (SSSR count). The number of phenolic OH excluding ortho intramolecular Hbond substituents is 1. The maximum absolute atomic E-state index is 9.40. The van der Waals surface area contributed by atoms with Gasteiger partial charge in [-0.25, -0.2) is 0 Å². The van der Waals surface area contributed by atoms with E-state index in [0.717, 1.165) is 16.9 Å². The Morgan fingerprint density at radius 2 is 2.00 bits per heavy atom. The third-order valence-corrected chi connectivity index (χ3v) is 3.53. The van der Waals surface area contributed by atoms with Gasteiger partial charge in [0, 0.05) is 18.2 Å². The number of aromatic hydroxyl groups is 1. The van der Waals surface area contributed by atoms with Crippen LogP contribution >= 0.6 is 11.6 Å². The summed E-state index contributed by atoms with van der Waals surface area (Å²) in [7, 11) is 1.67. The number of hydrogen-bond donors (Lipinski definition) is 2. The van der Waals surface area contributed by atoms with Crippen molar-refractivity contribution in [1.29, 1.82) is 0 Å². The molecule has 0 heterocycles. The predicted molar refractivity (Wildman–Crippen MR) is 81.4 cm³/mol. The molecule has 0 aliphatic rings. The van der Waals surface area contributed by atoms with Gasteiger partial charge in [0.15, 0.2) is 0 Å². The van der Waals surface area contributed by atoms with E-state index in [1.807, 2.05) is 30.3 Å². The Morgan fingerprint density at radius 3 is 2.70 bits per heavy atom. The van der Waals surface area contributed by atoms with E-state index in [9.17, 15) is 5.11 Å². The van der Waals surface area contributed by atoms with Crippen molar-refractivity contribution in [3.8, 4) is 11.5 Å². The average Bonchev–Trinajstić information content (AvgIpc) is 2.48. The molecule has 1 atom stereocenters. The van der Waals surface area contributed by atoms with Crippen LogP contribution in [-0.4, -0.2) is 12.2 Å². The molecule has 0 aromatic heterocycles. The minimum Gasteiger partial charge on any atom is -0.506 e. The van der Waals surface area contributed by atoms with Crippen molar-refractivity contribution in [2.45, 2.75) is 19.5 Å². The highest BCUT2D eigenvalue weighted by Crippen LogP contribution is 2.26. The van der Waals surface area contributed by atoms with E-state index in [0.29, 0.717) is 11.6 Å². The lowest BCUT2D eigenvalue weighted by atomic mass is 10.1. The molecule has 0 aliphatic heterocycles. The Bertz CT molecular complexity index is 586. The van der Waals surface area contributed by atoms with E-state index in [-0.39, 0.29) is 11.8 Å². The molecule has 0 radical (unpaired) electrons. The molecular formula is C16H18ClNO2. The normalized spacial score (nSPS) is 12.2. The Morgan fingerprint density at radius 1 is 1.25 bits per heavy atom. The van der Waals surface area contributed by atoms with E-state index in [1.165, 1.54) is 0 Å². The van der Waals surface area contributed by atoms with Gasteiger partial charge in [0.1, 0.15) is 11.5 Å². The number of benzene rings is 2. The van der Waals surface area contributed by atoms with Crippen LogP contribution in [0.25, 0.3) is 0 Å². The molecular weight excluding hydrogens is 274 g/mol. The smallest absolute Gasteiger partial charge is 0.134 e. The standard InChI is InChI=1S/C16H18ClNO2/c1-11(13-5-3-4-6-16(13)20-2)18-10-12-7-8-15(19)14(17)9-12/h3-9,11,18-19H,10H2,1-2H3/t11-/m0/s1. The first-order valence-electron chi connectivity index (χ1n) is 6.45. The summed E-state index contributed by atoms with van der Waals surface area (Å²) in [5, 5.41) is 13.2. The molecule has 0 fully saturated rings. The first-order valence-corrected chi connectivity index (χ1v) is 6.83. The van der Waals surface area contributed by atoms with Gasteiger partial charge < -0.3 is 15.2 Å². The predicted octanol–water partition coefficient (Wildman–Crippen LogP) is 3.91. The van der Waals surface area contributed by atoms with Crippen LogP contribution in [0.1, 0.15) is 24.1 Å². The first-order chi connectivity index (χ1) is 9.61. The summed E-state index contributed by atoms with van der Waals surface area (Å²) in [6.07, 6.45) is 0. The van der Waals surface area contributed by atoms with Crippen LogP contribution in [0.5, 0.6) is 11.5 Å². The summed E-state index contributed by atoms with van der Waals surface area (Å²) < 4.78 is 5.36. The Hall–Kier alpha value is -1.71. The van der Waals surface area contributed by atoms with E-state index in [4.69, 9.17) is 16.3 Å². The minimum absolute atomic E-state index is 0.105. The van der Waals surface area contributed by atoms with E-state index in [1.54, 1.807) is 19.2 Å². The average molecular weight is 292 g/mol. The van der Waals surface area contributed by atoms with Gasteiger partial charge in [0.05, 0.1) is 12.1 Å². The van der Waals surface area contributed by atoms with Crippen molar-refractivity contribution in [2.24, 2.45) is 0 Å². The number of nitrogens with one attached hydrogen (secondary N) is 1. The van der Waals surface area contributed by atoms with E-state index < -0.39 is 0 Å². The molecule has 20 heavy (non-hydrogen) atoms. The van der Waals surface area contributed by atoms with Crippen LogP contribution < -0.4 is 10.1 Å². The van der Waals surface area contributed by atoms with Crippen molar-refractivity contribution < 1.29 is 9.84 Å². The number of halogens is 1. The molecule has 0 aliphatic carbocycles. The second-order valence-corrected chi connectivity index (χ2v) is 5.04. The van der Waals surface area contributed by atoms with Gasteiger partial charge in [-0.2, -0.15) is 0 Å². The van der Waals surface area contributed by atoms with E-state index in [2.05, 4.69) is 12.2 Å². The fourth-order valence-electron chi connectivity index (χ4n) is 2.07. The molecule has 106 valence electrons. The topological polar surface area (TPSA) is 41.5 Å². The van der Waals surface area contributed by atoms with Crippen LogP contribution in [0.2, 0.25) is 5.02 Å². The number of ether oxygens (including phenoxy) is 1. The van der Waals surface area contributed by atoms with Gasteiger partial charge in [-0.15, -0.1) is 0 Å². The SMILES string of the molecule is COc1ccccc1[C@H](C)NCc1ccc(O)c(Cl)c1. The fraction of sp³-hybridized carbons (Fsp3) is 0.250. The largest absolute Gasteiger partial charge is 0.506 e. The molecule has 0 unspecified atom stereocenters. The highest BCUT2D eigenvalue weighted by atomic mass is 35.5. The van der Waals surface area contributed by atoms with Crippen molar-refractivity contribution in [2.75, 3.05) is 7.11 Å². The van der Waals surface area contributed by atoms with Crippen LogP contribution in [0, 0.1) is 0 Å². The zero-order valence-corrected chi connectivity index (χ0v) is 12.3. The minimum atomic E-state index is 0.105. The molecule has 0 saturated carbocycles. The molecule has 2 aromatic rings. The quantitative estimate of drug-likeness (QED) is 0.878. The van der Waals surface area contributed by atoms with E-state index >= 15 is 0 Å². The van der Waals surface area contributed by atoms with Crippen molar-refractivity contribution in [3.63, 3.8) is 0 Å². The van der Waals surface area contributed by atoms with Crippen LogP contribution in [0.4, 0.5) is 0 Å². The number of para-hydroxylation sites is 1. The van der Waals surface area contributed by atoms with Gasteiger partial charge in [-0.1, -0.05) is 35.9 Å². The van der Waals surface area contributed by atoms with Gasteiger partial charge in [0.25, 0.3) is 0 Å². The maximum Gasteiger partial charge on any atom is 0.134 e. The zero-order chi connectivity index (χ0) is 14.5. The second-order valence-electron chi connectivity index (χ2n) is 4.63. The van der Waals surface area contributed by atoms with Crippen LogP contribution in [0.15, 0.2) is 42.5 Å². The summed E-state index contributed by atoms with van der Waals surface area (Å²) in [5.41, 5.74) is 2.13. The van der Waals surface area contributed by atoms with Crippen LogP contribution in [-0.2, 0) is 6.54 Å². The van der Waals surface area contributed by atoms with Crippen molar-refractivity contribution in [1.82, 2.24) is 5.32 Å². The second kappa shape index (κ2) is 6.64. The van der Waals surface area contributed by atoms with Gasteiger partial charge in [0.2, 0.25) is 0 Å². The number of methoxy groups -OCH3 is 1. The third kappa shape index (κ3) is 3.44. The summed E-state index contributed by atoms with van der Waals surface area (Å²) in [6.45, 7) is 2.75. The van der Waals surface area contributed by atoms with Gasteiger partial charge in [-0.05, 0) is 30.7 Å². The molecule has 2 aromatic carbocycles. The number of hydrogen-bond acceptors (Lipinski definition) is 3. The Balaban J connectivity index is 2.04. The lowest BCUT2D eigenvalue weighted by Gasteiger charge is -2.17. The lowest BCUT2D eigenvalue weighted by molar-refractivity contribution is 0.401. The van der Waals surface area contributed by atoms with Crippen LogP contribution in [0.3, 0.4) is 0 Å². The maximum atomic E-state index is 9.40. The monoisotopic (exact) mass is 291 g/mol. The highest BCUT2D eigenvalue weighted by Gasteiger charge is 2.10.